The Balaban J connectivity index is 1.05. The van der Waals surface area contributed by atoms with E-state index in [1.807, 2.05) is 52.0 Å². The molecule has 5 aliphatic rings. The molecular weight excluding hydrogens is 634 g/mol. The molecule has 1 aliphatic carbocycles. The van der Waals surface area contributed by atoms with Crippen molar-refractivity contribution in [1.29, 1.82) is 0 Å². The van der Waals surface area contributed by atoms with Gasteiger partial charge >= 0.3 is 11.9 Å². The predicted octanol–water partition coefficient (Wildman–Crippen LogP) is 4.34. The van der Waals surface area contributed by atoms with Crippen molar-refractivity contribution in [2.45, 2.75) is 122 Å². The van der Waals surface area contributed by atoms with E-state index in [9.17, 15) is 24.3 Å². The van der Waals surface area contributed by atoms with Gasteiger partial charge in [-0.15, -0.1) is 0 Å². The van der Waals surface area contributed by atoms with Crippen molar-refractivity contribution >= 4 is 34.7 Å². The number of aliphatic carboxylic acids is 1. The van der Waals surface area contributed by atoms with Gasteiger partial charge in [-0.25, -0.2) is 14.6 Å². The van der Waals surface area contributed by atoms with Gasteiger partial charge in [-0.1, -0.05) is 45.9 Å². The van der Waals surface area contributed by atoms with Crippen LogP contribution in [0.2, 0.25) is 0 Å². The van der Waals surface area contributed by atoms with Crippen molar-refractivity contribution in [2.75, 3.05) is 0 Å². The summed E-state index contributed by atoms with van der Waals surface area (Å²) in [5.74, 6) is -3.50. The molecule has 268 valence electrons. The number of carboxylic acid groups (broad SMARTS) is 1. The molecule has 2 bridgehead atoms. The molecule has 0 radical (unpaired) electrons. The zero-order chi connectivity index (χ0) is 35.1. The van der Waals surface area contributed by atoms with Gasteiger partial charge in [0.25, 0.3) is 0 Å². The lowest BCUT2D eigenvalue weighted by molar-refractivity contribution is -0.576. The molecule has 1 unspecified atom stereocenters. The number of amides is 2. The fraction of sp³-hybridized carbons (Fsp3) is 0.667. The Bertz CT molecular complexity index is 1560. The summed E-state index contributed by atoms with van der Waals surface area (Å²) >= 11 is 0. The van der Waals surface area contributed by atoms with Gasteiger partial charge in [0.15, 0.2) is 11.9 Å². The standard InChI is InChI=1S/C36H49N3O10/c1-19(2)16-27(31(42)39-28(32(43)44)17-22-18-37-26-9-7-6-8-23(22)26)38-29(40)12-13-30(41)45-33-21(4)25-11-10-20(3)24-14-15-35(5)47-34(46-33)36(24,25)49-48-35/h6-9,18-21,24-25,27-28,33-34,37H,10-17H2,1-5H3,(H,38,40)(H,39,42)(H,43,44)/t20-,21-,24+,25+,27+,28+,33-,34-,35?,36-/m1/s1. The molecule has 1 spiro atoms. The molecule has 5 heterocycles. The van der Waals surface area contributed by atoms with Gasteiger partial charge < -0.3 is 34.9 Å². The third-order valence-electron chi connectivity index (χ3n) is 11.0. The monoisotopic (exact) mass is 683 g/mol. The average Bonchev–Trinajstić information content (AvgIpc) is 3.32. The second-order valence-corrected chi connectivity index (χ2v) is 15.0. The highest BCUT2D eigenvalue weighted by Crippen LogP contribution is 2.60. The maximum Gasteiger partial charge on any atom is 0.326 e. The highest BCUT2D eigenvalue weighted by Gasteiger charge is 2.69. The number of rotatable bonds is 12. The minimum atomic E-state index is -1.21. The summed E-state index contributed by atoms with van der Waals surface area (Å²) in [7, 11) is 0. The maximum absolute atomic E-state index is 13.3. The Morgan fingerprint density at radius 3 is 2.55 bits per heavy atom. The van der Waals surface area contributed by atoms with Gasteiger partial charge in [0.2, 0.25) is 23.9 Å². The molecule has 2 amide bonds. The smallest absolute Gasteiger partial charge is 0.326 e. The highest BCUT2D eigenvalue weighted by atomic mass is 17.3. The van der Waals surface area contributed by atoms with Crippen molar-refractivity contribution < 1.29 is 48.3 Å². The Morgan fingerprint density at radius 2 is 1.80 bits per heavy atom. The lowest BCUT2D eigenvalue weighted by atomic mass is 9.58. The van der Waals surface area contributed by atoms with Crippen molar-refractivity contribution in [3.63, 3.8) is 0 Å². The molecule has 4 aliphatic heterocycles. The van der Waals surface area contributed by atoms with E-state index in [0.717, 1.165) is 35.7 Å². The summed E-state index contributed by atoms with van der Waals surface area (Å²) < 4.78 is 18.5. The van der Waals surface area contributed by atoms with Crippen LogP contribution in [0.5, 0.6) is 0 Å². The largest absolute Gasteiger partial charge is 0.480 e. The molecule has 4 N–H and O–H groups in total. The quantitative estimate of drug-likeness (QED) is 0.186. The van der Waals surface area contributed by atoms with E-state index in [0.29, 0.717) is 12.3 Å². The van der Waals surface area contributed by atoms with E-state index in [1.54, 1.807) is 6.20 Å². The number of carboxylic acids is 1. The van der Waals surface area contributed by atoms with Crippen molar-refractivity contribution in [3.05, 3.63) is 36.0 Å². The van der Waals surface area contributed by atoms with Crippen molar-refractivity contribution in [3.8, 4) is 0 Å². The Morgan fingerprint density at radius 1 is 1.02 bits per heavy atom. The number of fused-ring (bicyclic) bond motifs is 3. The van der Waals surface area contributed by atoms with Gasteiger partial charge in [0, 0.05) is 48.2 Å². The van der Waals surface area contributed by atoms with Crippen LogP contribution >= 0.6 is 0 Å². The molecule has 5 fully saturated rings. The summed E-state index contributed by atoms with van der Waals surface area (Å²) in [5.41, 5.74) is 0.838. The van der Waals surface area contributed by atoms with E-state index >= 15 is 0 Å². The predicted molar refractivity (Wildman–Crippen MR) is 175 cm³/mol. The van der Waals surface area contributed by atoms with E-state index in [2.05, 4.69) is 22.5 Å². The number of carbonyl (C=O) groups is 4. The van der Waals surface area contributed by atoms with Crippen LogP contribution in [0.3, 0.4) is 0 Å². The summed E-state index contributed by atoms with van der Waals surface area (Å²) in [6.07, 6.45) is 3.39. The van der Waals surface area contributed by atoms with Crippen molar-refractivity contribution in [1.82, 2.24) is 15.6 Å². The SMILES string of the molecule is CC(C)C[C@H](NC(=O)CCC(=O)O[C@@H]1O[C@@H]2OC3(C)CC[C@H]4[C@H](C)CC[C@@H]([C@H]1C)[C@@]24OO3)C(=O)N[C@@H](Cc1c[nH]c2ccccc12)C(=O)O. The number of aromatic amines is 1. The van der Waals surface area contributed by atoms with E-state index in [-0.39, 0.29) is 49.4 Å². The van der Waals surface area contributed by atoms with Gasteiger partial charge in [0.1, 0.15) is 12.1 Å². The van der Waals surface area contributed by atoms with Crippen LogP contribution in [0.4, 0.5) is 0 Å². The summed E-state index contributed by atoms with van der Waals surface area (Å²) in [4.78, 5) is 66.7. The van der Waals surface area contributed by atoms with Crippen molar-refractivity contribution in [2.24, 2.45) is 29.6 Å². The van der Waals surface area contributed by atoms with Crippen LogP contribution in [-0.4, -0.2) is 69.9 Å². The fourth-order valence-corrected chi connectivity index (χ4v) is 8.37. The minimum Gasteiger partial charge on any atom is -0.480 e. The van der Waals surface area contributed by atoms with Crippen LogP contribution in [0.1, 0.15) is 85.1 Å². The number of ether oxygens (including phenoxy) is 3. The van der Waals surface area contributed by atoms with Gasteiger partial charge in [-0.05, 0) is 62.0 Å². The van der Waals surface area contributed by atoms with Crippen LogP contribution in [0.25, 0.3) is 10.9 Å². The topological polar surface area (TPSA) is 175 Å². The molecule has 1 aromatic carbocycles. The third-order valence-corrected chi connectivity index (χ3v) is 11.0. The van der Waals surface area contributed by atoms with Crippen LogP contribution in [-0.2, 0) is 49.6 Å². The van der Waals surface area contributed by atoms with E-state index < -0.39 is 59.8 Å². The Kier molecular flexibility index (Phi) is 10.1. The van der Waals surface area contributed by atoms with Gasteiger partial charge in [-0.2, -0.15) is 0 Å². The number of hydrogen-bond donors (Lipinski definition) is 4. The fourth-order valence-electron chi connectivity index (χ4n) is 8.37. The average molecular weight is 684 g/mol. The molecule has 1 aromatic heterocycles. The van der Waals surface area contributed by atoms with Crippen LogP contribution in [0, 0.1) is 29.6 Å². The molecule has 1 saturated carbocycles. The number of benzene rings is 1. The van der Waals surface area contributed by atoms with E-state index in [1.165, 1.54) is 0 Å². The first-order valence-electron chi connectivity index (χ1n) is 17.6. The Hall–Kier alpha value is -3.52. The second-order valence-electron chi connectivity index (χ2n) is 15.0. The number of carbonyl (C=O) groups excluding carboxylic acids is 3. The lowest BCUT2D eigenvalue weighted by Crippen LogP contribution is -2.70. The molecule has 49 heavy (non-hydrogen) atoms. The third kappa shape index (κ3) is 7.08. The number of nitrogens with one attached hydrogen (secondary N) is 3. The number of esters is 1. The zero-order valence-corrected chi connectivity index (χ0v) is 28.9. The van der Waals surface area contributed by atoms with Gasteiger partial charge in [-0.3, -0.25) is 14.4 Å². The molecule has 13 heteroatoms. The van der Waals surface area contributed by atoms with E-state index in [4.69, 9.17) is 24.0 Å². The van der Waals surface area contributed by atoms with Crippen LogP contribution < -0.4 is 10.6 Å². The summed E-state index contributed by atoms with van der Waals surface area (Å²) in [5, 5.41) is 16.1. The van der Waals surface area contributed by atoms with Crippen LogP contribution in [0.15, 0.2) is 30.5 Å². The number of para-hydroxylation sites is 1. The summed E-state index contributed by atoms with van der Waals surface area (Å²) in [6.45, 7) is 9.83. The first-order chi connectivity index (χ1) is 23.3. The number of H-pyrrole nitrogens is 1. The second kappa shape index (κ2) is 14.0. The minimum absolute atomic E-state index is 0.0166. The molecular formula is C36H49N3O10. The number of aromatic nitrogens is 1. The molecule has 4 saturated heterocycles. The molecule has 7 rings (SSSR count). The zero-order valence-electron chi connectivity index (χ0n) is 28.9. The normalized spacial score (nSPS) is 33.3. The summed E-state index contributed by atoms with van der Waals surface area (Å²) in [6, 6.07) is 5.32. The first kappa shape index (κ1) is 35.3. The molecule has 2 aromatic rings. The Labute approximate surface area is 286 Å². The molecule has 13 nitrogen and oxygen atoms in total. The first-order valence-corrected chi connectivity index (χ1v) is 17.6. The van der Waals surface area contributed by atoms with Gasteiger partial charge in [0.05, 0.1) is 6.42 Å². The highest BCUT2D eigenvalue weighted by molar-refractivity contribution is 5.91. The maximum atomic E-state index is 13.3. The lowest BCUT2D eigenvalue weighted by Gasteiger charge is -2.59. The molecule has 10 atom stereocenters. The number of hydrogen-bond acceptors (Lipinski definition) is 9.